The van der Waals surface area contributed by atoms with Crippen molar-refractivity contribution in [3.05, 3.63) is 23.8 Å². The molecule has 0 aromatic heterocycles. The predicted octanol–water partition coefficient (Wildman–Crippen LogP) is 4.58. The van der Waals surface area contributed by atoms with E-state index in [9.17, 15) is 9.59 Å². The Bertz CT molecular complexity index is 617. The average molecular weight is 379 g/mol. The van der Waals surface area contributed by atoms with Crippen LogP contribution in [-0.2, 0) is 14.3 Å². The summed E-state index contributed by atoms with van der Waals surface area (Å²) in [6.07, 6.45) is 3.27. The molecule has 0 spiro atoms. The zero-order valence-corrected chi connectivity index (χ0v) is 17.2. The summed E-state index contributed by atoms with van der Waals surface area (Å²) in [6, 6.07) is 5.00. The Kier molecular flexibility index (Phi) is 9.86. The molecule has 1 amide bonds. The Balaban J connectivity index is 3.02. The van der Waals surface area contributed by atoms with Gasteiger partial charge < -0.3 is 19.5 Å². The van der Waals surface area contributed by atoms with Gasteiger partial charge in [0.05, 0.1) is 13.2 Å². The fourth-order valence-electron chi connectivity index (χ4n) is 2.35. The van der Waals surface area contributed by atoms with Gasteiger partial charge in [-0.15, -0.1) is 0 Å². The molecule has 0 saturated carbocycles. The summed E-state index contributed by atoms with van der Waals surface area (Å²) in [5, 5.41) is 2.85. The van der Waals surface area contributed by atoms with Crippen LogP contribution in [0.3, 0.4) is 0 Å². The van der Waals surface area contributed by atoms with Gasteiger partial charge in [0, 0.05) is 12.3 Å². The second-order valence-corrected chi connectivity index (χ2v) is 6.52. The van der Waals surface area contributed by atoms with E-state index in [4.69, 9.17) is 14.2 Å². The van der Waals surface area contributed by atoms with Crippen LogP contribution < -0.4 is 10.1 Å². The maximum absolute atomic E-state index is 12.7. The summed E-state index contributed by atoms with van der Waals surface area (Å²) in [6.45, 7) is 10.8. The van der Waals surface area contributed by atoms with E-state index in [0.717, 1.165) is 19.3 Å². The minimum atomic E-state index is -0.920. The Labute approximate surface area is 162 Å². The minimum Gasteiger partial charge on any atom is -0.493 e. The summed E-state index contributed by atoms with van der Waals surface area (Å²) < 4.78 is 16.6. The van der Waals surface area contributed by atoms with Gasteiger partial charge in [-0.3, -0.25) is 4.79 Å². The van der Waals surface area contributed by atoms with Crippen LogP contribution in [-0.4, -0.2) is 37.3 Å². The van der Waals surface area contributed by atoms with Crippen LogP contribution in [0.1, 0.15) is 70.7 Å². The standard InChI is InChI=1S/C21H33NO5/c1-6-10-14-26-18-12-11-16(15-17(18)19(23)25-9-4)22-20(24)21(5,8-3)27-13-7-2/h11-12,15H,6-10,13-14H2,1-5H3,(H,22,24)/t21-/m0/s1. The summed E-state index contributed by atoms with van der Waals surface area (Å²) in [5.74, 6) is -0.256. The SMILES string of the molecule is CCCCOc1ccc(NC(=O)[C@](C)(CC)OCCC)cc1C(=O)OCC. The van der Waals surface area contributed by atoms with Gasteiger partial charge in [-0.1, -0.05) is 27.2 Å². The number of benzene rings is 1. The van der Waals surface area contributed by atoms with E-state index in [2.05, 4.69) is 12.2 Å². The van der Waals surface area contributed by atoms with Crippen molar-refractivity contribution >= 4 is 17.6 Å². The molecule has 1 aromatic carbocycles. The first-order chi connectivity index (χ1) is 12.9. The Hall–Kier alpha value is -2.08. The van der Waals surface area contributed by atoms with Gasteiger partial charge in [0.2, 0.25) is 0 Å². The number of hydrogen-bond acceptors (Lipinski definition) is 5. The van der Waals surface area contributed by atoms with E-state index in [1.54, 1.807) is 32.0 Å². The largest absolute Gasteiger partial charge is 0.493 e. The highest BCUT2D eigenvalue weighted by Gasteiger charge is 2.32. The average Bonchev–Trinajstić information content (AvgIpc) is 2.67. The first-order valence-electron chi connectivity index (χ1n) is 9.81. The van der Waals surface area contributed by atoms with E-state index in [1.165, 1.54) is 0 Å². The Morgan fingerprint density at radius 2 is 1.81 bits per heavy atom. The third-order valence-corrected chi connectivity index (χ3v) is 4.27. The van der Waals surface area contributed by atoms with Gasteiger partial charge in [0.15, 0.2) is 0 Å². The number of carbonyl (C=O) groups is 2. The number of hydrogen-bond donors (Lipinski definition) is 1. The van der Waals surface area contributed by atoms with Gasteiger partial charge >= 0.3 is 5.97 Å². The molecule has 0 aliphatic rings. The van der Waals surface area contributed by atoms with Crippen LogP contribution in [0.5, 0.6) is 5.75 Å². The molecule has 0 saturated heterocycles. The third-order valence-electron chi connectivity index (χ3n) is 4.27. The van der Waals surface area contributed by atoms with Crippen molar-refractivity contribution in [2.24, 2.45) is 0 Å². The summed E-state index contributed by atoms with van der Waals surface area (Å²) in [4.78, 5) is 25.0. The second-order valence-electron chi connectivity index (χ2n) is 6.52. The number of ether oxygens (including phenoxy) is 3. The molecule has 6 heteroatoms. The molecule has 6 nitrogen and oxygen atoms in total. The molecule has 1 atom stereocenters. The number of anilines is 1. The van der Waals surface area contributed by atoms with E-state index in [1.807, 2.05) is 13.8 Å². The molecule has 0 aliphatic heterocycles. The minimum absolute atomic E-state index is 0.243. The first kappa shape index (κ1) is 23.0. The van der Waals surface area contributed by atoms with Crippen LogP contribution in [0.4, 0.5) is 5.69 Å². The molecule has 27 heavy (non-hydrogen) atoms. The van der Waals surface area contributed by atoms with Gasteiger partial charge in [0.25, 0.3) is 5.91 Å². The second kappa shape index (κ2) is 11.6. The molecule has 1 rings (SSSR count). The quantitative estimate of drug-likeness (QED) is 0.425. The van der Waals surface area contributed by atoms with Crippen molar-refractivity contribution in [1.82, 2.24) is 0 Å². The maximum Gasteiger partial charge on any atom is 0.341 e. The topological polar surface area (TPSA) is 73.9 Å². The van der Waals surface area contributed by atoms with Crippen molar-refractivity contribution in [3.63, 3.8) is 0 Å². The van der Waals surface area contributed by atoms with Crippen molar-refractivity contribution in [3.8, 4) is 5.75 Å². The lowest BCUT2D eigenvalue weighted by atomic mass is 10.0. The highest BCUT2D eigenvalue weighted by atomic mass is 16.5. The summed E-state index contributed by atoms with van der Waals surface area (Å²) in [7, 11) is 0. The fraction of sp³-hybridized carbons (Fsp3) is 0.619. The molecule has 0 fully saturated rings. The number of esters is 1. The summed E-state index contributed by atoms with van der Waals surface area (Å²) in [5.41, 5.74) is -0.111. The van der Waals surface area contributed by atoms with E-state index in [0.29, 0.717) is 36.6 Å². The zero-order chi connectivity index (χ0) is 20.3. The van der Waals surface area contributed by atoms with Crippen molar-refractivity contribution < 1.29 is 23.8 Å². The van der Waals surface area contributed by atoms with Crippen molar-refractivity contribution in [2.75, 3.05) is 25.1 Å². The lowest BCUT2D eigenvalue weighted by Crippen LogP contribution is -2.42. The molecule has 0 radical (unpaired) electrons. The van der Waals surface area contributed by atoms with Crippen LogP contribution in [0, 0.1) is 0 Å². The zero-order valence-electron chi connectivity index (χ0n) is 17.2. The van der Waals surface area contributed by atoms with E-state index >= 15 is 0 Å². The number of carbonyl (C=O) groups excluding carboxylic acids is 2. The molecular formula is C21H33NO5. The van der Waals surface area contributed by atoms with Gasteiger partial charge in [0.1, 0.15) is 16.9 Å². The van der Waals surface area contributed by atoms with Gasteiger partial charge in [-0.05, 0) is 51.3 Å². The van der Waals surface area contributed by atoms with Crippen molar-refractivity contribution in [1.29, 1.82) is 0 Å². The molecule has 0 heterocycles. The number of nitrogens with one attached hydrogen (secondary N) is 1. The Morgan fingerprint density at radius 1 is 1.07 bits per heavy atom. The molecule has 1 N–H and O–H groups in total. The lowest BCUT2D eigenvalue weighted by Gasteiger charge is -2.27. The molecule has 0 bridgehead atoms. The van der Waals surface area contributed by atoms with Gasteiger partial charge in [-0.2, -0.15) is 0 Å². The third kappa shape index (κ3) is 6.86. The normalized spacial score (nSPS) is 12.9. The molecule has 1 aromatic rings. The van der Waals surface area contributed by atoms with Gasteiger partial charge in [-0.25, -0.2) is 4.79 Å². The summed E-state index contributed by atoms with van der Waals surface area (Å²) >= 11 is 0. The Morgan fingerprint density at radius 3 is 2.41 bits per heavy atom. The van der Waals surface area contributed by atoms with Crippen molar-refractivity contribution in [2.45, 2.75) is 65.9 Å². The van der Waals surface area contributed by atoms with E-state index in [-0.39, 0.29) is 12.5 Å². The van der Waals surface area contributed by atoms with Crippen LogP contribution in [0.2, 0.25) is 0 Å². The monoisotopic (exact) mass is 379 g/mol. The smallest absolute Gasteiger partial charge is 0.341 e. The highest BCUT2D eigenvalue weighted by molar-refractivity contribution is 5.99. The maximum atomic E-state index is 12.7. The number of unbranched alkanes of at least 4 members (excludes halogenated alkanes) is 1. The fourth-order valence-corrected chi connectivity index (χ4v) is 2.35. The lowest BCUT2D eigenvalue weighted by molar-refractivity contribution is -0.139. The number of rotatable bonds is 12. The molecular weight excluding hydrogens is 346 g/mol. The number of amides is 1. The van der Waals surface area contributed by atoms with Crippen LogP contribution >= 0.6 is 0 Å². The molecule has 0 aliphatic carbocycles. The predicted molar refractivity (Wildman–Crippen MR) is 106 cm³/mol. The highest BCUT2D eigenvalue weighted by Crippen LogP contribution is 2.26. The van der Waals surface area contributed by atoms with Crippen LogP contribution in [0.15, 0.2) is 18.2 Å². The van der Waals surface area contributed by atoms with E-state index < -0.39 is 11.6 Å². The van der Waals surface area contributed by atoms with Crippen LogP contribution in [0.25, 0.3) is 0 Å². The molecule has 152 valence electrons. The first-order valence-corrected chi connectivity index (χ1v) is 9.81. The molecule has 0 unspecified atom stereocenters.